The van der Waals surface area contributed by atoms with E-state index in [1.807, 2.05) is 45.0 Å². The van der Waals surface area contributed by atoms with Crippen LogP contribution in [0.5, 0.6) is 40.2 Å². The number of phenols is 2. The molecule has 5 aromatic rings. The molecule has 0 saturated carbocycles. The summed E-state index contributed by atoms with van der Waals surface area (Å²) in [5.41, 5.74) is 7.92. The van der Waals surface area contributed by atoms with Gasteiger partial charge in [0, 0.05) is 73.0 Å². The van der Waals surface area contributed by atoms with Gasteiger partial charge in [-0.25, -0.2) is 4.79 Å². The van der Waals surface area contributed by atoms with Gasteiger partial charge in [0.05, 0.1) is 33.9 Å². The number of ether oxygens (including phenoxy) is 7. The fourth-order valence-electron chi connectivity index (χ4n) is 9.47. The first-order chi connectivity index (χ1) is 30.0. The third-order valence-electron chi connectivity index (χ3n) is 12.6. The molecular formula is C47H50N4O11. The molecule has 4 aromatic carbocycles. The highest BCUT2D eigenvalue weighted by Crippen LogP contribution is 2.57. The molecular weight excluding hydrogens is 797 g/mol. The van der Waals surface area contributed by atoms with Crippen molar-refractivity contribution in [2.75, 3.05) is 60.9 Å². The summed E-state index contributed by atoms with van der Waals surface area (Å²) < 4.78 is 40.7. The number of hydrogen-bond acceptors (Lipinski definition) is 13. The summed E-state index contributed by atoms with van der Waals surface area (Å²) in [6, 6.07) is 18.9. The Labute approximate surface area is 359 Å². The van der Waals surface area contributed by atoms with Crippen LogP contribution in [0.4, 0.5) is 4.79 Å². The van der Waals surface area contributed by atoms with Crippen molar-refractivity contribution in [1.82, 2.24) is 20.0 Å². The molecule has 4 heterocycles. The number of hydrogen-bond donors (Lipinski definition) is 3. The van der Waals surface area contributed by atoms with Crippen molar-refractivity contribution in [1.29, 1.82) is 0 Å². The number of fused-ring (bicyclic) bond motifs is 3. The van der Waals surface area contributed by atoms with Crippen molar-refractivity contribution in [2.24, 2.45) is 11.8 Å². The Hall–Kier alpha value is -6.61. The molecule has 2 saturated heterocycles. The molecule has 62 heavy (non-hydrogen) atoms. The first-order valence-corrected chi connectivity index (χ1v) is 20.8. The predicted octanol–water partition coefficient (Wildman–Crippen LogP) is 7.27. The van der Waals surface area contributed by atoms with E-state index in [2.05, 4.69) is 39.4 Å². The summed E-state index contributed by atoms with van der Waals surface area (Å²) in [5, 5.41) is 28.9. The van der Waals surface area contributed by atoms with Crippen LogP contribution in [0.2, 0.25) is 0 Å². The number of methoxy groups -OCH3 is 3. The quantitative estimate of drug-likeness (QED) is 0.120. The van der Waals surface area contributed by atoms with E-state index in [4.69, 9.17) is 33.2 Å². The molecule has 9 rings (SSSR count). The zero-order valence-electron chi connectivity index (χ0n) is 35.5. The first kappa shape index (κ1) is 40.8. The standard InChI is InChI=1S/C47H50N4O11/c1-24(2)29-17-32(35(53)20-34(29)52)43-40(25(3)48-49-43)27-9-7-26(8-10-27)21-50-11-13-51(14-12-50)47(55)62-44-31-19-37-36(60-23-61-37)18-30(31)41(42-33(44)22-59-46(42)54)28-15-38(56-4)45(58-6)39(16-28)57-5/h7-10,15-20,24,33,41-42,44,52-53H,11-14,21-23H2,1-6H3,(H,48,49)/t33-,41+,42?,44+/m0/s1. The lowest BCUT2D eigenvalue weighted by Gasteiger charge is -2.40. The Balaban J connectivity index is 0.907. The van der Waals surface area contributed by atoms with E-state index >= 15 is 0 Å². The van der Waals surface area contributed by atoms with Gasteiger partial charge in [0.15, 0.2) is 23.0 Å². The number of aromatic hydroxyl groups is 2. The van der Waals surface area contributed by atoms with Gasteiger partial charge in [-0.15, -0.1) is 0 Å². The van der Waals surface area contributed by atoms with E-state index in [9.17, 15) is 19.8 Å². The fraction of sp³-hybridized carbons (Fsp3) is 0.383. The number of nitrogens with one attached hydrogen (secondary N) is 1. The number of carbonyl (C=O) groups excluding carboxylic acids is 2. The summed E-state index contributed by atoms with van der Waals surface area (Å²) in [5.74, 6) is 0.453. The molecule has 15 heteroatoms. The number of aromatic amines is 1. The van der Waals surface area contributed by atoms with Gasteiger partial charge >= 0.3 is 12.1 Å². The van der Waals surface area contributed by atoms with Gasteiger partial charge in [-0.3, -0.25) is 14.8 Å². The van der Waals surface area contributed by atoms with Crippen molar-refractivity contribution in [2.45, 2.75) is 45.3 Å². The molecule has 15 nitrogen and oxygen atoms in total. The number of piperazine rings is 1. The Morgan fingerprint density at radius 1 is 0.871 bits per heavy atom. The molecule has 4 aliphatic rings. The highest BCUT2D eigenvalue weighted by Gasteiger charge is 2.54. The largest absolute Gasteiger partial charge is 0.508 e. The number of rotatable bonds is 10. The van der Waals surface area contributed by atoms with Crippen LogP contribution >= 0.6 is 0 Å². The number of aryl methyl sites for hydroxylation is 1. The van der Waals surface area contributed by atoms with Gasteiger partial charge in [-0.2, -0.15) is 5.10 Å². The van der Waals surface area contributed by atoms with Crippen LogP contribution in [-0.4, -0.2) is 103 Å². The van der Waals surface area contributed by atoms with Gasteiger partial charge in [0.1, 0.15) is 23.3 Å². The van der Waals surface area contributed by atoms with E-state index in [1.54, 1.807) is 25.2 Å². The van der Waals surface area contributed by atoms with Crippen LogP contribution in [0.15, 0.2) is 60.7 Å². The zero-order valence-corrected chi connectivity index (χ0v) is 35.5. The maximum Gasteiger partial charge on any atom is 0.410 e. The van der Waals surface area contributed by atoms with E-state index < -0.39 is 30.0 Å². The van der Waals surface area contributed by atoms with E-state index in [0.29, 0.717) is 72.7 Å². The third-order valence-corrected chi connectivity index (χ3v) is 12.6. The van der Waals surface area contributed by atoms with Crippen molar-refractivity contribution < 1.29 is 53.0 Å². The molecule has 3 N–H and O–H groups in total. The summed E-state index contributed by atoms with van der Waals surface area (Å²) in [6.07, 6.45) is -1.24. The zero-order chi connectivity index (χ0) is 43.4. The second kappa shape index (κ2) is 16.3. The maximum absolute atomic E-state index is 14.1. The van der Waals surface area contributed by atoms with Crippen LogP contribution < -0.4 is 23.7 Å². The Morgan fingerprint density at radius 2 is 1.55 bits per heavy atom. The van der Waals surface area contributed by atoms with Gasteiger partial charge in [-0.05, 0) is 71.0 Å². The second-order valence-corrected chi connectivity index (χ2v) is 16.5. The minimum absolute atomic E-state index is 0.0383. The number of carbonyl (C=O) groups is 2. The topological polar surface area (TPSA) is 174 Å². The molecule has 0 radical (unpaired) electrons. The first-order valence-electron chi connectivity index (χ1n) is 20.8. The summed E-state index contributed by atoms with van der Waals surface area (Å²) in [6.45, 7) is 8.94. The molecule has 324 valence electrons. The molecule has 1 unspecified atom stereocenters. The SMILES string of the molecule is COc1cc([C@@H]2c3cc4c(cc3[C@@H](OC(=O)N3CCN(Cc5ccc(-c6c(-c7cc(C(C)C)c(O)cc7O)n[nH]c6C)cc5)CC3)[C@H]3COC(=O)C23)OCO4)cc(OC)c1OC. The molecule has 0 bridgehead atoms. The summed E-state index contributed by atoms with van der Waals surface area (Å²) in [7, 11) is 4.63. The number of benzene rings is 4. The maximum atomic E-state index is 14.1. The number of phenolic OH excluding ortho intramolecular Hbond substituents is 2. The van der Waals surface area contributed by atoms with Crippen LogP contribution in [0, 0.1) is 18.8 Å². The minimum Gasteiger partial charge on any atom is -0.508 e. The molecule has 3 aliphatic heterocycles. The second-order valence-electron chi connectivity index (χ2n) is 16.5. The average Bonchev–Trinajstić information content (AvgIpc) is 4.01. The van der Waals surface area contributed by atoms with E-state index in [-0.39, 0.29) is 36.8 Å². The number of esters is 1. The summed E-state index contributed by atoms with van der Waals surface area (Å²) >= 11 is 0. The van der Waals surface area contributed by atoms with Crippen LogP contribution in [0.25, 0.3) is 22.4 Å². The van der Waals surface area contributed by atoms with Gasteiger partial charge < -0.3 is 48.3 Å². The molecule has 1 amide bonds. The monoisotopic (exact) mass is 846 g/mol. The molecule has 4 atom stereocenters. The number of amides is 1. The van der Waals surface area contributed by atoms with Crippen LogP contribution in [0.3, 0.4) is 0 Å². The Kier molecular flexibility index (Phi) is 10.8. The van der Waals surface area contributed by atoms with Gasteiger partial charge in [0.25, 0.3) is 0 Å². The number of nitrogens with zero attached hydrogens (tertiary/aromatic N) is 3. The van der Waals surface area contributed by atoms with Crippen molar-refractivity contribution in [3.8, 4) is 62.6 Å². The van der Waals surface area contributed by atoms with Crippen LogP contribution in [0.1, 0.15) is 65.3 Å². The van der Waals surface area contributed by atoms with Crippen LogP contribution in [-0.2, 0) is 20.8 Å². The Morgan fingerprint density at radius 3 is 2.19 bits per heavy atom. The number of cyclic esters (lactones) is 1. The van der Waals surface area contributed by atoms with Gasteiger partial charge in [0.2, 0.25) is 12.5 Å². The lowest BCUT2D eigenvalue weighted by Crippen LogP contribution is -2.49. The normalized spacial score (nSPS) is 20.4. The van der Waals surface area contributed by atoms with E-state index in [0.717, 1.165) is 44.6 Å². The lowest BCUT2D eigenvalue weighted by molar-refractivity contribution is -0.141. The average molecular weight is 847 g/mol. The highest BCUT2D eigenvalue weighted by molar-refractivity contribution is 5.86. The fourth-order valence-corrected chi connectivity index (χ4v) is 9.47. The third kappa shape index (κ3) is 7.13. The number of H-pyrrole nitrogens is 1. The van der Waals surface area contributed by atoms with Crippen molar-refractivity contribution >= 4 is 12.1 Å². The van der Waals surface area contributed by atoms with E-state index in [1.165, 1.54) is 13.2 Å². The molecule has 0 spiro atoms. The smallest absolute Gasteiger partial charge is 0.410 e. The van der Waals surface area contributed by atoms with Crippen molar-refractivity contribution in [3.05, 3.63) is 94.2 Å². The molecule has 2 fully saturated rings. The highest BCUT2D eigenvalue weighted by atomic mass is 16.7. The Bertz CT molecular complexity index is 2500. The lowest BCUT2D eigenvalue weighted by atomic mass is 9.66. The number of aromatic nitrogens is 2. The minimum atomic E-state index is -0.784. The van der Waals surface area contributed by atoms with Gasteiger partial charge in [-0.1, -0.05) is 38.1 Å². The van der Waals surface area contributed by atoms with Crippen molar-refractivity contribution in [3.63, 3.8) is 0 Å². The molecule has 1 aliphatic carbocycles. The predicted molar refractivity (Wildman–Crippen MR) is 226 cm³/mol. The summed E-state index contributed by atoms with van der Waals surface area (Å²) in [4.78, 5) is 31.7. The molecule has 1 aromatic heterocycles.